The Morgan fingerprint density at radius 3 is 2.22 bits per heavy atom. The number of carbonyl (C=O) groups is 1. The second-order valence-electron chi connectivity index (χ2n) is 7.05. The average molecular weight is 453 g/mol. The number of hydrogen-bond donors (Lipinski definition) is 0. The fourth-order valence-electron chi connectivity index (χ4n) is 3.42. The predicted molar refractivity (Wildman–Crippen MR) is 103 cm³/mol. The van der Waals surface area contributed by atoms with Crippen molar-refractivity contribution >= 4 is 22.4 Å². The molecule has 10 heteroatoms. The summed E-state index contributed by atoms with van der Waals surface area (Å²) >= 11 is 0. The highest BCUT2D eigenvalue weighted by atomic mass is 19.3. The molecule has 0 spiro atoms. The number of fused-ring (bicyclic) bond motifs is 1. The first-order valence-electron chi connectivity index (χ1n) is 9.29. The van der Waals surface area contributed by atoms with E-state index < -0.39 is 46.0 Å². The molecule has 1 heterocycles. The molecule has 0 saturated carbocycles. The molecule has 0 amide bonds. The molecule has 0 saturated heterocycles. The first kappa shape index (κ1) is 21.7. The monoisotopic (exact) mass is 453 g/mol. The summed E-state index contributed by atoms with van der Waals surface area (Å²) in [4.78, 5) is 24.9. The first-order valence-corrected chi connectivity index (χ1v) is 9.29. The lowest BCUT2D eigenvalue weighted by atomic mass is 9.84. The Morgan fingerprint density at radius 2 is 1.66 bits per heavy atom. The van der Waals surface area contributed by atoms with Crippen LogP contribution < -0.4 is 5.43 Å². The van der Waals surface area contributed by atoms with E-state index >= 15 is 0 Å². The molecule has 0 radical (unpaired) electrons. The van der Waals surface area contributed by atoms with Crippen molar-refractivity contribution in [3.8, 4) is 5.69 Å². The average Bonchev–Trinajstić information content (AvgIpc) is 2.74. The highest BCUT2D eigenvalue weighted by Gasteiger charge is 2.65. The third-order valence-corrected chi connectivity index (χ3v) is 5.08. The van der Waals surface area contributed by atoms with Gasteiger partial charge in [0.05, 0.1) is 17.5 Å². The van der Waals surface area contributed by atoms with E-state index in [1.54, 1.807) is 0 Å². The second-order valence-corrected chi connectivity index (χ2v) is 7.05. The molecule has 4 nitrogen and oxygen atoms in total. The molecule has 4 rings (SSSR count). The van der Waals surface area contributed by atoms with Crippen LogP contribution >= 0.6 is 0 Å². The van der Waals surface area contributed by atoms with E-state index in [0.29, 0.717) is 6.07 Å². The summed E-state index contributed by atoms with van der Waals surface area (Å²) in [6.45, 7) is 1.47. The number of benzene rings is 2. The Kier molecular flexibility index (Phi) is 4.91. The van der Waals surface area contributed by atoms with Gasteiger partial charge in [0, 0.05) is 29.6 Å². The maximum atomic E-state index is 13.9. The van der Waals surface area contributed by atoms with Crippen LogP contribution in [-0.2, 0) is 4.74 Å². The molecule has 0 N–H and O–H groups in total. The van der Waals surface area contributed by atoms with E-state index in [-0.39, 0.29) is 34.8 Å². The van der Waals surface area contributed by atoms with Gasteiger partial charge in [0.2, 0.25) is 5.43 Å². The van der Waals surface area contributed by atoms with Crippen LogP contribution in [-0.4, -0.2) is 29.0 Å². The topological polar surface area (TPSA) is 48.3 Å². The van der Waals surface area contributed by atoms with Crippen molar-refractivity contribution in [3.05, 3.63) is 81.7 Å². The zero-order chi connectivity index (χ0) is 23.4. The van der Waals surface area contributed by atoms with Crippen LogP contribution in [0.5, 0.6) is 0 Å². The van der Waals surface area contributed by atoms with Gasteiger partial charge in [0.15, 0.2) is 11.6 Å². The highest BCUT2D eigenvalue weighted by Crippen LogP contribution is 2.54. The van der Waals surface area contributed by atoms with E-state index in [1.165, 1.54) is 23.6 Å². The van der Waals surface area contributed by atoms with Crippen LogP contribution in [0.15, 0.2) is 53.5 Å². The molecule has 166 valence electrons. The number of nitrogens with zero attached hydrogens (tertiary/aromatic N) is 1. The van der Waals surface area contributed by atoms with Gasteiger partial charge in [-0.3, -0.25) is 4.79 Å². The summed E-state index contributed by atoms with van der Waals surface area (Å²) < 4.78 is 87.2. The van der Waals surface area contributed by atoms with E-state index in [2.05, 4.69) is 0 Å². The Bertz CT molecular complexity index is 1340. The maximum Gasteiger partial charge on any atom is 0.343 e. The van der Waals surface area contributed by atoms with Gasteiger partial charge in [-0.15, -0.1) is 0 Å². The summed E-state index contributed by atoms with van der Waals surface area (Å²) in [5.74, 6) is -12.1. The first-order chi connectivity index (χ1) is 15.0. The molecule has 1 aromatic heterocycles. The lowest BCUT2D eigenvalue weighted by Crippen LogP contribution is -2.48. The number of aromatic nitrogens is 1. The Morgan fingerprint density at radius 1 is 1.03 bits per heavy atom. The van der Waals surface area contributed by atoms with Gasteiger partial charge >= 0.3 is 17.8 Å². The fourth-order valence-corrected chi connectivity index (χ4v) is 3.42. The van der Waals surface area contributed by atoms with Crippen molar-refractivity contribution < 1.29 is 35.9 Å². The molecule has 0 bridgehead atoms. The minimum atomic E-state index is -4.32. The predicted octanol–water partition coefficient (Wildman–Crippen LogP) is 5.11. The smallest absolute Gasteiger partial charge is 0.343 e. The number of carbonyl (C=O) groups excluding carboxylic acids is 1. The van der Waals surface area contributed by atoms with Crippen LogP contribution in [0.3, 0.4) is 0 Å². The molecule has 0 fully saturated rings. The molecule has 0 unspecified atom stereocenters. The van der Waals surface area contributed by atoms with Gasteiger partial charge in [-0.1, -0.05) is 12.1 Å². The standard InChI is InChI=1S/C22H13F6NO3/c1-2-32-20(31)14-10-29(18-8-17(24)16(23)7-13(18)19(14)30)12-5-3-11(4-6-12)15-9-21(25,26)22(15,27)28/h3-10H,2H2,1H3. The zero-order valence-corrected chi connectivity index (χ0v) is 16.3. The molecular weight excluding hydrogens is 440 g/mol. The van der Waals surface area contributed by atoms with E-state index in [0.717, 1.165) is 24.4 Å². The fraction of sp³-hybridized carbons (Fsp3) is 0.182. The number of pyridine rings is 1. The van der Waals surface area contributed by atoms with E-state index in [4.69, 9.17) is 4.74 Å². The molecule has 0 atom stereocenters. The molecule has 1 aliphatic carbocycles. The summed E-state index contributed by atoms with van der Waals surface area (Å²) in [5, 5.41) is -0.314. The third-order valence-electron chi connectivity index (χ3n) is 5.08. The molecule has 2 aromatic carbocycles. The van der Waals surface area contributed by atoms with Crippen molar-refractivity contribution in [2.24, 2.45) is 0 Å². The minimum Gasteiger partial charge on any atom is -0.462 e. The largest absolute Gasteiger partial charge is 0.462 e. The van der Waals surface area contributed by atoms with Crippen molar-refractivity contribution in [1.29, 1.82) is 0 Å². The van der Waals surface area contributed by atoms with Crippen LogP contribution in [0.4, 0.5) is 26.3 Å². The van der Waals surface area contributed by atoms with Gasteiger partial charge in [0.1, 0.15) is 5.56 Å². The van der Waals surface area contributed by atoms with Crippen LogP contribution in [0.25, 0.3) is 22.2 Å². The summed E-state index contributed by atoms with van der Waals surface area (Å²) in [5.41, 5.74) is -2.29. The van der Waals surface area contributed by atoms with E-state index in [1.807, 2.05) is 0 Å². The quantitative estimate of drug-likeness (QED) is 0.407. The van der Waals surface area contributed by atoms with E-state index in [9.17, 15) is 35.9 Å². The number of ether oxygens (including phenoxy) is 1. The summed E-state index contributed by atoms with van der Waals surface area (Å²) in [6, 6.07) is 6.17. The number of alkyl halides is 4. The SMILES string of the molecule is CCOC(=O)c1cn(-c2ccc(C3=CC(F)(F)C3(F)F)cc2)c2cc(F)c(F)cc2c1=O. The molecule has 3 aromatic rings. The van der Waals surface area contributed by atoms with Crippen molar-refractivity contribution in [1.82, 2.24) is 4.57 Å². The van der Waals surface area contributed by atoms with Gasteiger partial charge < -0.3 is 9.30 Å². The summed E-state index contributed by atoms with van der Waals surface area (Å²) in [6.07, 6.45) is 1.22. The number of esters is 1. The van der Waals surface area contributed by atoms with Gasteiger partial charge in [0.25, 0.3) is 0 Å². The lowest BCUT2D eigenvalue weighted by molar-refractivity contribution is -0.159. The van der Waals surface area contributed by atoms with Gasteiger partial charge in [-0.2, -0.15) is 17.6 Å². The van der Waals surface area contributed by atoms with Crippen LogP contribution in [0.1, 0.15) is 22.8 Å². The molecule has 1 aliphatic rings. The lowest BCUT2D eigenvalue weighted by Gasteiger charge is -2.35. The zero-order valence-electron chi connectivity index (χ0n) is 16.3. The minimum absolute atomic E-state index is 0.0449. The Hall–Kier alpha value is -3.56. The van der Waals surface area contributed by atoms with Crippen molar-refractivity contribution in [3.63, 3.8) is 0 Å². The molecule has 0 aliphatic heterocycles. The molecule has 32 heavy (non-hydrogen) atoms. The molecular formula is C22H13F6NO3. The summed E-state index contributed by atoms with van der Waals surface area (Å²) in [7, 11) is 0. The maximum absolute atomic E-state index is 13.9. The Labute approximate surface area is 176 Å². The number of halogens is 6. The second kappa shape index (κ2) is 7.25. The van der Waals surface area contributed by atoms with Crippen molar-refractivity contribution in [2.45, 2.75) is 18.8 Å². The normalized spacial score (nSPS) is 16.4. The van der Waals surface area contributed by atoms with Gasteiger partial charge in [-0.05, 0) is 30.7 Å². The Balaban J connectivity index is 1.89. The van der Waals surface area contributed by atoms with Crippen LogP contribution in [0.2, 0.25) is 0 Å². The van der Waals surface area contributed by atoms with Crippen LogP contribution in [0, 0.1) is 11.6 Å². The number of rotatable bonds is 4. The number of allylic oxidation sites excluding steroid dienone is 2. The van der Waals surface area contributed by atoms with Crippen molar-refractivity contribution in [2.75, 3.05) is 6.61 Å². The highest BCUT2D eigenvalue weighted by molar-refractivity contribution is 5.94. The van der Waals surface area contributed by atoms with Gasteiger partial charge in [-0.25, -0.2) is 13.6 Å². The third kappa shape index (κ3) is 3.17. The number of hydrogen-bond acceptors (Lipinski definition) is 3.